The highest BCUT2D eigenvalue weighted by atomic mass is 32.2. The molecule has 0 saturated heterocycles. The number of thioether (sulfide) groups is 1. The maximum Gasteiger partial charge on any atom is 0.0646 e. The van der Waals surface area contributed by atoms with E-state index in [-0.39, 0.29) is 0 Å². The van der Waals surface area contributed by atoms with Crippen LogP contribution in [0, 0.1) is 6.92 Å². The molecule has 14 heavy (non-hydrogen) atoms. The molecule has 1 aromatic carbocycles. The van der Waals surface area contributed by atoms with Crippen molar-refractivity contribution in [3.05, 3.63) is 42.2 Å². The van der Waals surface area contributed by atoms with E-state index in [2.05, 4.69) is 35.6 Å². The molecule has 1 heterocycles. The second-order valence-corrected chi connectivity index (χ2v) is 4.04. The second-order valence-electron chi connectivity index (χ2n) is 3.16. The molecule has 0 atom stereocenters. The Morgan fingerprint density at radius 3 is 2.43 bits per heavy atom. The Bertz CT molecular complexity index is 417. The van der Waals surface area contributed by atoms with Gasteiger partial charge in [-0.1, -0.05) is 0 Å². The summed E-state index contributed by atoms with van der Waals surface area (Å²) in [5.41, 5.74) is 2.29. The van der Waals surface area contributed by atoms with E-state index >= 15 is 0 Å². The molecule has 0 radical (unpaired) electrons. The predicted octanol–water partition coefficient (Wildman–Crippen LogP) is 2.90. The molecule has 1 aromatic heterocycles. The van der Waals surface area contributed by atoms with Crippen molar-refractivity contribution in [2.24, 2.45) is 0 Å². The minimum atomic E-state index is 1.11. The van der Waals surface area contributed by atoms with Crippen LogP contribution in [0.5, 0.6) is 0 Å². The maximum absolute atomic E-state index is 4.25. The van der Waals surface area contributed by atoms with Gasteiger partial charge in [-0.05, 0) is 43.0 Å². The van der Waals surface area contributed by atoms with Crippen LogP contribution >= 0.6 is 11.8 Å². The van der Waals surface area contributed by atoms with Crippen LogP contribution in [0.4, 0.5) is 0 Å². The summed E-state index contributed by atoms with van der Waals surface area (Å²) in [4.78, 5) is 1.28. The van der Waals surface area contributed by atoms with Crippen molar-refractivity contribution in [1.82, 2.24) is 9.78 Å². The van der Waals surface area contributed by atoms with E-state index in [0.29, 0.717) is 0 Å². The zero-order chi connectivity index (χ0) is 9.97. The molecule has 0 unspecified atom stereocenters. The van der Waals surface area contributed by atoms with Crippen molar-refractivity contribution in [3.63, 3.8) is 0 Å². The second kappa shape index (κ2) is 3.88. The van der Waals surface area contributed by atoms with Crippen molar-refractivity contribution < 1.29 is 0 Å². The van der Waals surface area contributed by atoms with E-state index in [1.54, 1.807) is 11.8 Å². The van der Waals surface area contributed by atoms with Crippen molar-refractivity contribution in [2.45, 2.75) is 11.8 Å². The number of nitrogens with zero attached hydrogens (tertiary/aromatic N) is 2. The summed E-state index contributed by atoms with van der Waals surface area (Å²) in [6.07, 6.45) is 5.96. The molecule has 0 saturated carbocycles. The van der Waals surface area contributed by atoms with Crippen LogP contribution in [-0.2, 0) is 0 Å². The number of hydrogen-bond donors (Lipinski definition) is 0. The normalized spacial score (nSPS) is 10.4. The predicted molar refractivity (Wildman–Crippen MR) is 60.1 cm³/mol. The Hall–Kier alpha value is -1.22. The fourth-order valence-corrected chi connectivity index (χ4v) is 1.70. The zero-order valence-corrected chi connectivity index (χ0v) is 9.08. The van der Waals surface area contributed by atoms with Gasteiger partial charge in [0.2, 0.25) is 0 Å². The summed E-state index contributed by atoms with van der Waals surface area (Å²) in [5, 5.41) is 4.25. The highest BCUT2D eigenvalue weighted by Crippen LogP contribution is 2.16. The molecule has 3 heteroatoms. The number of rotatable bonds is 2. The molecule has 0 amide bonds. The largest absolute Gasteiger partial charge is 0.241 e. The van der Waals surface area contributed by atoms with E-state index < -0.39 is 0 Å². The number of benzene rings is 1. The minimum absolute atomic E-state index is 1.11. The Balaban J connectivity index is 2.33. The van der Waals surface area contributed by atoms with E-state index in [4.69, 9.17) is 0 Å². The van der Waals surface area contributed by atoms with Crippen molar-refractivity contribution in [1.29, 1.82) is 0 Å². The highest BCUT2D eigenvalue weighted by molar-refractivity contribution is 7.98. The molecule has 0 N–H and O–H groups in total. The van der Waals surface area contributed by atoms with Crippen LogP contribution in [0.15, 0.2) is 41.6 Å². The SMILES string of the molecule is CSc1ccc(-n2cc(C)cn2)cc1. The summed E-state index contributed by atoms with van der Waals surface area (Å²) < 4.78 is 1.89. The molecule has 0 aliphatic rings. The van der Waals surface area contributed by atoms with Gasteiger partial charge in [0.1, 0.15) is 0 Å². The molecular weight excluding hydrogens is 192 g/mol. The summed E-state index contributed by atoms with van der Waals surface area (Å²) in [5.74, 6) is 0. The van der Waals surface area contributed by atoms with Gasteiger partial charge in [-0.25, -0.2) is 4.68 Å². The van der Waals surface area contributed by atoms with Crippen molar-refractivity contribution >= 4 is 11.8 Å². The van der Waals surface area contributed by atoms with Crippen LogP contribution < -0.4 is 0 Å². The first kappa shape index (κ1) is 9.34. The van der Waals surface area contributed by atoms with Crippen LogP contribution in [0.25, 0.3) is 5.69 Å². The number of aryl methyl sites for hydroxylation is 1. The van der Waals surface area contributed by atoms with E-state index in [9.17, 15) is 0 Å². The van der Waals surface area contributed by atoms with Crippen molar-refractivity contribution in [2.75, 3.05) is 6.26 Å². The van der Waals surface area contributed by atoms with E-state index in [1.807, 2.05) is 24.0 Å². The third kappa shape index (κ3) is 1.82. The first-order valence-corrected chi connectivity index (χ1v) is 5.68. The molecule has 2 nitrogen and oxygen atoms in total. The van der Waals surface area contributed by atoms with Gasteiger partial charge in [0.05, 0.1) is 11.9 Å². The average Bonchev–Trinajstić information content (AvgIpc) is 2.65. The molecule has 0 fully saturated rings. The first-order valence-electron chi connectivity index (χ1n) is 4.45. The monoisotopic (exact) mass is 204 g/mol. The van der Waals surface area contributed by atoms with Gasteiger partial charge >= 0.3 is 0 Å². The number of aromatic nitrogens is 2. The Morgan fingerprint density at radius 2 is 1.93 bits per heavy atom. The molecule has 0 spiro atoms. The Kier molecular flexibility index (Phi) is 2.59. The fraction of sp³-hybridized carbons (Fsp3) is 0.182. The van der Waals surface area contributed by atoms with E-state index in [0.717, 1.165) is 5.69 Å². The van der Waals surface area contributed by atoms with Gasteiger partial charge in [-0.3, -0.25) is 0 Å². The minimum Gasteiger partial charge on any atom is -0.241 e. The quantitative estimate of drug-likeness (QED) is 0.700. The van der Waals surface area contributed by atoms with Crippen molar-refractivity contribution in [3.8, 4) is 5.69 Å². The van der Waals surface area contributed by atoms with Gasteiger partial charge in [0, 0.05) is 11.1 Å². The van der Waals surface area contributed by atoms with Crippen LogP contribution in [-0.4, -0.2) is 16.0 Å². The molecule has 72 valence electrons. The molecule has 0 bridgehead atoms. The van der Waals surface area contributed by atoms with Crippen LogP contribution in [0.1, 0.15) is 5.56 Å². The standard InChI is InChI=1S/C11H12N2S/c1-9-7-12-13(8-9)10-3-5-11(14-2)6-4-10/h3-8H,1-2H3. The third-order valence-electron chi connectivity index (χ3n) is 2.05. The smallest absolute Gasteiger partial charge is 0.0646 e. The fourth-order valence-electron chi connectivity index (χ4n) is 1.29. The molecule has 0 aliphatic heterocycles. The van der Waals surface area contributed by atoms with Crippen LogP contribution in [0.3, 0.4) is 0 Å². The Morgan fingerprint density at radius 1 is 1.21 bits per heavy atom. The molecule has 2 rings (SSSR count). The lowest BCUT2D eigenvalue weighted by Gasteiger charge is -2.01. The third-order valence-corrected chi connectivity index (χ3v) is 2.79. The molecule has 0 aliphatic carbocycles. The summed E-state index contributed by atoms with van der Waals surface area (Å²) in [6, 6.07) is 8.38. The van der Waals surface area contributed by atoms with Gasteiger partial charge in [0.25, 0.3) is 0 Å². The van der Waals surface area contributed by atoms with Gasteiger partial charge < -0.3 is 0 Å². The van der Waals surface area contributed by atoms with E-state index in [1.165, 1.54) is 10.5 Å². The lowest BCUT2D eigenvalue weighted by Crippen LogP contribution is -1.92. The van der Waals surface area contributed by atoms with Gasteiger partial charge in [0.15, 0.2) is 0 Å². The lowest BCUT2D eigenvalue weighted by molar-refractivity contribution is 0.879. The average molecular weight is 204 g/mol. The van der Waals surface area contributed by atoms with Gasteiger partial charge in [-0.2, -0.15) is 5.10 Å². The summed E-state index contributed by atoms with van der Waals surface area (Å²) >= 11 is 1.75. The Labute approximate surface area is 87.9 Å². The maximum atomic E-state index is 4.25. The molecule has 2 aromatic rings. The zero-order valence-electron chi connectivity index (χ0n) is 8.27. The topological polar surface area (TPSA) is 17.8 Å². The lowest BCUT2D eigenvalue weighted by atomic mass is 10.3. The first-order chi connectivity index (χ1) is 6.79. The summed E-state index contributed by atoms with van der Waals surface area (Å²) in [7, 11) is 0. The summed E-state index contributed by atoms with van der Waals surface area (Å²) in [6.45, 7) is 2.04. The van der Waals surface area contributed by atoms with Gasteiger partial charge in [-0.15, -0.1) is 11.8 Å². The number of hydrogen-bond acceptors (Lipinski definition) is 2. The molecular formula is C11H12N2S. The highest BCUT2D eigenvalue weighted by Gasteiger charge is 1.97. The van der Waals surface area contributed by atoms with Crippen LogP contribution in [0.2, 0.25) is 0 Å².